The summed E-state index contributed by atoms with van der Waals surface area (Å²) in [6.45, 7) is 0. The molecule has 0 aromatic carbocycles. The fraction of sp³-hybridized carbons (Fsp3) is 0.944. The summed E-state index contributed by atoms with van der Waals surface area (Å²) < 4.78 is 0. The smallest absolute Gasteiger partial charge is 1.00 e. The molecule has 0 saturated heterocycles. The van der Waals surface area contributed by atoms with Crippen LogP contribution in [0.25, 0.3) is 0 Å². The van der Waals surface area contributed by atoms with Crippen LogP contribution in [-0.2, 0) is 4.79 Å². The predicted molar refractivity (Wildman–Crippen MR) is 105 cm³/mol. The molecule has 1 N–H and O–H groups in total. The Morgan fingerprint density at radius 2 is 1.04 bits per heavy atom. The Kier molecular flexibility index (Phi) is 24.6. The molecule has 0 rings (SSSR count). The molecule has 0 aliphatic carbocycles. The van der Waals surface area contributed by atoms with Gasteiger partial charge in [0, 0.05) is 5.88 Å². The summed E-state index contributed by atoms with van der Waals surface area (Å²) in [5.41, 5.74) is 0. The van der Waals surface area contributed by atoms with Gasteiger partial charge in [-0.25, -0.2) is 0 Å². The van der Waals surface area contributed by atoms with Gasteiger partial charge in [0.15, 0.2) is 0 Å². The molecule has 1 atom stereocenters. The number of carboxylic acids is 1. The number of unbranched alkanes of at least 4 members (excludes halogenated alkanes) is 13. The Labute approximate surface area is 186 Å². The van der Waals surface area contributed by atoms with Crippen LogP contribution in [0.4, 0.5) is 0 Å². The van der Waals surface area contributed by atoms with Crippen LogP contribution in [0.15, 0.2) is 0 Å². The largest absolute Gasteiger partial charge is 2.00 e. The van der Waals surface area contributed by atoms with E-state index in [-0.39, 0.29) is 40.6 Å². The van der Waals surface area contributed by atoms with Crippen molar-refractivity contribution in [2.24, 2.45) is 0 Å². The van der Waals surface area contributed by atoms with Crippen molar-refractivity contribution in [3.05, 3.63) is 0 Å². The van der Waals surface area contributed by atoms with Gasteiger partial charge in [0.05, 0.1) is 0 Å². The fourth-order valence-electron chi connectivity index (χ4n) is 2.66. The number of hydrogen-bond acceptors (Lipinski definition) is 1. The first-order chi connectivity index (χ1) is 10.7. The van der Waals surface area contributed by atoms with E-state index in [4.69, 9.17) is 28.3 Å². The zero-order valence-electron chi connectivity index (χ0n) is 16.7. The molecule has 0 bridgehead atoms. The Morgan fingerprint density at radius 3 is 1.35 bits per heavy atom. The summed E-state index contributed by atoms with van der Waals surface area (Å²) >= 11 is 11.3. The van der Waals surface area contributed by atoms with E-state index in [0.717, 1.165) is 18.7 Å². The zero-order valence-corrected chi connectivity index (χ0v) is 18.4. The van der Waals surface area contributed by atoms with Crippen LogP contribution in [0, 0.1) is 0 Å². The number of carboxylic acid groups (broad SMARTS) is 1. The second kappa shape index (κ2) is 21.4. The maximum absolute atomic E-state index is 10.5. The van der Waals surface area contributed by atoms with E-state index in [9.17, 15) is 4.79 Å². The summed E-state index contributed by atoms with van der Waals surface area (Å²) in [7, 11) is 0. The number of carbonyl (C=O) groups is 1. The third-order valence-electron chi connectivity index (χ3n) is 4.11. The molecular weight excluding hydrogens is 359 g/mol. The summed E-state index contributed by atoms with van der Waals surface area (Å²) in [6, 6.07) is 0. The second-order valence-corrected chi connectivity index (χ2v) is 7.14. The first-order valence-corrected chi connectivity index (χ1v) is 10.1. The summed E-state index contributed by atoms with van der Waals surface area (Å²) in [5, 5.41) is 7.96. The van der Waals surface area contributed by atoms with Gasteiger partial charge in [-0.1, -0.05) is 83.5 Å². The average molecular weight is 395 g/mol. The maximum atomic E-state index is 10.5. The number of alkyl halides is 2. The quantitative estimate of drug-likeness (QED) is 0.171. The van der Waals surface area contributed by atoms with Crippen molar-refractivity contribution in [1.82, 2.24) is 0 Å². The third kappa shape index (κ3) is 21.3. The van der Waals surface area contributed by atoms with Gasteiger partial charge in [-0.05, 0) is 12.8 Å². The third-order valence-corrected chi connectivity index (χ3v) is 4.78. The number of aliphatic carboxylic acids is 1. The Balaban J connectivity index is -0.000000735. The zero-order chi connectivity index (χ0) is 16.5. The molecule has 5 heteroatoms. The topological polar surface area (TPSA) is 37.3 Å². The van der Waals surface area contributed by atoms with E-state index in [1.54, 1.807) is 0 Å². The van der Waals surface area contributed by atoms with Gasteiger partial charge in [-0.2, -0.15) is 0 Å². The monoisotopic (exact) mass is 394 g/mol. The van der Waals surface area contributed by atoms with Crippen LogP contribution >= 0.6 is 23.2 Å². The Morgan fingerprint density at radius 1 is 0.739 bits per heavy atom. The second-order valence-electron chi connectivity index (χ2n) is 6.23. The molecule has 0 radical (unpaired) electrons. The van der Waals surface area contributed by atoms with E-state index in [0.29, 0.717) is 6.42 Å². The van der Waals surface area contributed by atoms with Gasteiger partial charge < -0.3 is 7.96 Å². The molecule has 0 aliphatic heterocycles. The number of rotatable bonds is 17. The molecule has 0 aromatic heterocycles. The standard InChI is InChI=1S/C18H34Cl2O2.Ca.2H/c19-16-14-12-10-8-6-4-2-1-3-5-7-9-11-13-15-17(20)18(21)22;;;/h17H,1-16H2,(H,21,22);;;/q;+2;2*-1. The molecule has 0 aromatic rings. The van der Waals surface area contributed by atoms with Crippen LogP contribution in [0.3, 0.4) is 0 Å². The molecule has 0 saturated carbocycles. The van der Waals surface area contributed by atoms with Crippen molar-refractivity contribution >= 4 is 66.9 Å². The van der Waals surface area contributed by atoms with Crippen LogP contribution in [0.1, 0.15) is 99.2 Å². The molecule has 136 valence electrons. The van der Waals surface area contributed by atoms with Gasteiger partial charge in [-0.3, -0.25) is 4.79 Å². The van der Waals surface area contributed by atoms with Crippen molar-refractivity contribution in [3.8, 4) is 0 Å². The van der Waals surface area contributed by atoms with Gasteiger partial charge >= 0.3 is 43.7 Å². The van der Waals surface area contributed by atoms with Crippen LogP contribution in [0.5, 0.6) is 0 Å². The summed E-state index contributed by atoms with van der Waals surface area (Å²) in [5.74, 6) is -0.0767. The van der Waals surface area contributed by atoms with E-state index in [1.807, 2.05) is 0 Å². The van der Waals surface area contributed by atoms with E-state index in [1.165, 1.54) is 77.0 Å². The van der Waals surface area contributed by atoms with Crippen molar-refractivity contribution in [3.63, 3.8) is 0 Å². The van der Waals surface area contributed by atoms with E-state index < -0.39 is 11.3 Å². The summed E-state index contributed by atoms with van der Waals surface area (Å²) in [6.07, 6.45) is 18.5. The SMILES string of the molecule is O=C(O)C(Cl)CCCCCCCCCCCCCCCCCl.[Ca+2].[H-].[H-]. The average Bonchev–Trinajstić information content (AvgIpc) is 2.50. The first kappa shape index (κ1) is 26.5. The van der Waals surface area contributed by atoms with E-state index in [2.05, 4.69) is 0 Å². The molecule has 2 nitrogen and oxygen atoms in total. The molecule has 0 amide bonds. The first-order valence-electron chi connectivity index (χ1n) is 9.11. The molecule has 0 aliphatic rings. The van der Waals surface area contributed by atoms with Gasteiger partial charge in [0.1, 0.15) is 5.38 Å². The molecule has 0 fully saturated rings. The van der Waals surface area contributed by atoms with Gasteiger partial charge in [-0.15, -0.1) is 23.2 Å². The van der Waals surface area contributed by atoms with Gasteiger partial charge in [0.2, 0.25) is 0 Å². The minimum atomic E-state index is -0.888. The molecule has 23 heavy (non-hydrogen) atoms. The number of halogens is 2. The van der Waals surface area contributed by atoms with Crippen LogP contribution < -0.4 is 0 Å². The molecule has 0 heterocycles. The van der Waals surface area contributed by atoms with Crippen LogP contribution in [-0.4, -0.2) is 60.1 Å². The van der Waals surface area contributed by atoms with Crippen molar-refractivity contribution in [2.75, 3.05) is 5.88 Å². The predicted octanol–water partition coefficient (Wildman–Crippen LogP) is 6.61. The minimum absolute atomic E-state index is 0. The van der Waals surface area contributed by atoms with Crippen molar-refractivity contribution in [2.45, 2.75) is 102 Å². The molecule has 0 spiro atoms. The number of hydrogen-bond donors (Lipinski definition) is 1. The molecular formula is C18H36CaCl2O2. The van der Waals surface area contributed by atoms with E-state index >= 15 is 0 Å². The maximum Gasteiger partial charge on any atom is 2.00 e. The Hall–Kier alpha value is 1.31. The molecule has 1 unspecified atom stereocenters. The fourth-order valence-corrected chi connectivity index (χ4v) is 3.01. The summed E-state index contributed by atoms with van der Waals surface area (Å²) in [4.78, 5) is 10.5. The minimum Gasteiger partial charge on any atom is -1.00 e. The van der Waals surface area contributed by atoms with Gasteiger partial charge in [0.25, 0.3) is 0 Å². The van der Waals surface area contributed by atoms with Crippen molar-refractivity contribution in [1.29, 1.82) is 0 Å². The van der Waals surface area contributed by atoms with Crippen LogP contribution in [0.2, 0.25) is 0 Å². The Bertz CT molecular complexity index is 263. The van der Waals surface area contributed by atoms with Crippen molar-refractivity contribution < 1.29 is 12.8 Å². The normalized spacial score (nSPS) is 11.9.